The number of nitriles is 1. The maximum absolute atomic E-state index is 8.75. The van der Waals surface area contributed by atoms with Gasteiger partial charge in [-0.15, -0.1) is 11.3 Å². The number of rotatable bonds is 3. The topological polar surface area (TPSA) is 74.0 Å². The number of thiophene rings is 1. The molecule has 0 aliphatic carbocycles. The lowest BCUT2D eigenvalue weighted by atomic mass is 10.2. The number of aromatic nitrogens is 2. The number of hydrazone groups is 1. The number of benzene rings is 1. The second kappa shape index (κ2) is 5.69. The molecular formula is C15H11N5S. The highest BCUT2D eigenvalue weighted by molar-refractivity contribution is 7.18. The standard InChI is InChI=1S/C15H11N5S/c1-10-8-21-14-13(10)17-9-18-15(14)20-19-7-12-4-2-11(6-16)3-5-12/h2-5,7-9H,1H3,(H,17,18,20). The zero-order valence-corrected chi connectivity index (χ0v) is 12.1. The predicted octanol–water partition coefficient (Wildman–Crippen LogP) is 3.32. The van der Waals surface area contributed by atoms with E-state index >= 15 is 0 Å². The van der Waals surface area contributed by atoms with Crippen LogP contribution in [0.1, 0.15) is 16.7 Å². The van der Waals surface area contributed by atoms with Crippen LogP contribution in [0.4, 0.5) is 5.82 Å². The molecular weight excluding hydrogens is 282 g/mol. The van der Waals surface area contributed by atoms with Crippen LogP contribution in [0.2, 0.25) is 0 Å². The van der Waals surface area contributed by atoms with E-state index in [1.54, 1.807) is 29.7 Å². The van der Waals surface area contributed by atoms with Crippen molar-refractivity contribution >= 4 is 33.6 Å². The Bertz CT molecular complexity index is 843. The lowest BCUT2D eigenvalue weighted by Crippen LogP contribution is -1.94. The number of hydrogen-bond acceptors (Lipinski definition) is 6. The smallest absolute Gasteiger partial charge is 0.167 e. The maximum atomic E-state index is 8.75. The lowest BCUT2D eigenvalue weighted by molar-refractivity contribution is 1.18. The SMILES string of the molecule is Cc1csc2c(NN=Cc3ccc(C#N)cc3)ncnc12. The highest BCUT2D eigenvalue weighted by atomic mass is 32.1. The van der Waals surface area contributed by atoms with Gasteiger partial charge in [0.25, 0.3) is 0 Å². The van der Waals surface area contributed by atoms with Gasteiger partial charge in [0.1, 0.15) is 6.33 Å². The van der Waals surface area contributed by atoms with Crippen molar-refractivity contribution in [2.75, 3.05) is 5.43 Å². The van der Waals surface area contributed by atoms with Crippen molar-refractivity contribution in [1.82, 2.24) is 9.97 Å². The molecule has 1 N–H and O–H groups in total. The third-order valence-electron chi connectivity index (χ3n) is 2.95. The Morgan fingerprint density at radius 3 is 2.86 bits per heavy atom. The fraction of sp³-hybridized carbons (Fsp3) is 0.0667. The summed E-state index contributed by atoms with van der Waals surface area (Å²) in [5.74, 6) is 0.697. The van der Waals surface area contributed by atoms with Gasteiger partial charge in [0, 0.05) is 0 Å². The van der Waals surface area contributed by atoms with E-state index in [2.05, 4.69) is 31.9 Å². The molecule has 0 amide bonds. The van der Waals surface area contributed by atoms with Crippen molar-refractivity contribution in [1.29, 1.82) is 5.26 Å². The summed E-state index contributed by atoms with van der Waals surface area (Å²) in [6.45, 7) is 2.02. The second-order valence-corrected chi connectivity index (χ2v) is 5.30. The molecule has 0 fully saturated rings. The van der Waals surface area contributed by atoms with Crippen LogP contribution in [0.5, 0.6) is 0 Å². The number of anilines is 1. The molecule has 102 valence electrons. The van der Waals surface area contributed by atoms with E-state index in [1.165, 1.54) is 6.33 Å². The predicted molar refractivity (Wildman–Crippen MR) is 84.5 cm³/mol. The zero-order valence-electron chi connectivity index (χ0n) is 11.2. The van der Waals surface area contributed by atoms with E-state index in [0.29, 0.717) is 11.4 Å². The van der Waals surface area contributed by atoms with Gasteiger partial charge in [-0.05, 0) is 35.6 Å². The first-order chi connectivity index (χ1) is 10.3. The Morgan fingerprint density at radius 1 is 1.29 bits per heavy atom. The van der Waals surface area contributed by atoms with Crippen LogP contribution in [-0.4, -0.2) is 16.2 Å². The fourth-order valence-electron chi connectivity index (χ4n) is 1.86. The maximum Gasteiger partial charge on any atom is 0.167 e. The van der Waals surface area contributed by atoms with Gasteiger partial charge in [0.15, 0.2) is 5.82 Å². The number of fused-ring (bicyclic) bond motifs is 1. The molecule has 1 aromatic carbocycles. The van der Waals surface area contributed by atoms with Crippen LogP contribution in [0.3, 0.4) is 0 Å². The Balaban J connectivity index is 1.79. The molecule has 2 heterocycles. The highest BCUT2D eigenvalue weighted by Gasteiger charge is 2.06. The first-order valence-corrected chi connectivity index (χ1v) is 7.14. The first kappa shape index (κ1) is 13.2. The third-order valence-corrected chi connectivity index (χ3v) is 4.05. The van der Waals surface area contributed by atoms with Crippen LogP contribution in [-0.2, 0) is 0 Å². The van der Waals surface area contributed by atoms with Gasteiger partial charge in [0.05, 0.1) is 28.1 Å². The molecule has 21 heavy (non-hydrogen) atoms. The fourth-order valence-corrected chi connectivity index (χ4v) is 2.80. The van der Waals surface area contributed by atoms with Gasteiger partial charge >= 0.3 is 0 Å². The first-order valence-electron chi connectivity index (χ1n) is 6.26. The monoisotopic (exact) mass is 293 g/mol. The summed E-state index contributed by atoms with van der Waals surface area (Å²) in [5, 5.41) is 15.0. The molecule has 6 heteroatoms. The second-order valence-electron chi connectivity index (χ2n) is 4.42. The minimum Gasteiger partial charge on any atom is -0.260 e. The zero-order chi connectivity index (χ0) is 14.7. The molecule has 0 atom stereocenters. The number of nitrogens with zero attached hydrogens (tertiary/aromatic N) is 4. The molecule has 0 radical (unpaired) electrons. The molecule has 0 bridgehead atoms. The molecule has 3 aromatic rings. The van der Waals surface area contributed by atoms with Crippen LogP contribution >= 0.6 is 11.3 Å². The minimum atomic E-state index is 0.631. The molecule has 0 saturated heterocycles. The van der Waals surface area contributed by atoms with E-state index in [4.69, 9.17) is 5.26 Å². The van der Waals surface area contributed by atoms with Gasteiger partial charge in [-0.25, -0.2) is 9.97 Å². The van der Waals surface area contributed by atoms with Crippen molar-refractivity contribution in [3.8, 4) is 6.07 Å². The summed E-state index contributed by atoms with van der Waals surface area (Å²) < 4.78 is 0.993. The molecule has 0 saturated carbocycles. The number of hydrogen-bond donors (Lipinski definition) is 1. The molecule has 2 aromatic heterocycles. The van der Waals surface area contributed by atoms with E-state index in [-0.39, 0.29) is 0 Å². The van der Waals surface area contributed by atoms with Gasteiger partial charge in [0.2, 0.25) is 0 Å². The van der Waals surface area contributed by atoms with Crippen LogP contribution < -0.4 is 5.43 Å². The summed E-state index contributed by atoms with van der Waals surface area (Å²) in [4.78, 5) is 8.47. The summed E-state index contributed by atoms with van der Waals surface area (Å²) in [6, 6.07) is 9.28. The van der Waals surface area contributed by atoms with Crippen molar-refractivity contribution < 1.29 is 0 Å². The largest absolute Gasteiger partial charge is 0.260 e. The number of nitrogens with one attached hydrogen (secondary N) is 1. The van der Waals surface area contributed by atoms with Gasteiger partial charge in [-0.2, -0.15) is 10.4 Å². The van der Waals surface area contributed by atoms with E-state index in [1.807, 2.05) is 19.1 Å². The molecule has 5 nitrogen and oxygen atoms in total. The lowest BCUT2D eigenvalue weighted by Gasteiger charge is -2.00. The third kappa shape index (κ3) is 2.73. The Labute approximate surface area is 125 Å². The van der Waals surface area contributed by atoms with Crippen molar-refractivity contribution in [3.05, 3.63) is 52.7 Å². The van der Waals surface area contributed by atoms with Crippen molar-refractivity contribution in [2.45, 2.75) is 6.92 Å². The molecule has 0 aliphatic rings. The van der Waals surface area contributed by atoms with E-state index in [9.17, 15) is 0 Å². The normalized spacial score (nSPS) is 10.9. The van der Waals surface area contributed by atoms with E-state index < -0.39 is 0 Å². The summed E-state index contributed by atoms with van der Waals surface area (Å²) >= 11 is 1.59. The Morgan fingerprint density at radius 2 is 2.10 bits per heavy atom. The van der Waals surface area contributed by atoms with Crippen LogP contribution in [0, 0.1) is 18.3 Å². The van der Waals surface area contributed by atoms with Crippen molar-refractivity contribution in [2.24, 2.45) is 5.10 Å². The summed E-state index contributed by atoms with van der Waals surface area (Å²) in [5.41, 5.74) is 6.57. The Kier molecular flexibility index (Phi) is 3.58. The molecule has 0 unspecified atom stereocenters. The average Bonchev–Trinajstić information content (AvgIpc) is 2.91. The van der Waals surface area contributed by atoms with Crippen LogP contribution in [0.15, 0.2) is 41.1 Å². The molecule has 3 rings (SSSR count). The van der Waals surface area contributed by atoms with E-state index in [0.717, 1.165) is 21.3 Å². The number of aryl methyl sites for hydroxylation is 1. The van der Waals surface area contributed by atoms with Crippen molar-refractivity contribution in [3.63, 3.8) is 0 Å². The summed E-state index contributed by atoms with van der Waals surface area (Å²) in [7, 11) is 0. The van der Waals surface area contributed by atoms with Gasteiger partial charge < -0.3 is 0 Å². The highest BCUT2D eigenvalue weighted by Crippen LogP contribution is 2.28. The summed E-state index contributed by atoms with van der Waals surface area (Å²) in [6.07, 6.45) is 3.22. The van der Waals surface area contributed by atoms with Gasteiger partial charge in [-0.1, -0.05) is 12.1 Å². The Hall–Kier alpha value is -2.78. The molecule has 0 aliphatic heterocycles. The average molecular weight is 293 g/mol. The quantitative estimate of drug-likeness (QED) is 0.594. The molecule has 0 spiro atoms. The minimum absolute atomic E-state index is 0.631. The van der Waals surface area contributed by atoms with Gasteiger partial charge in [-0.3, -0.25) is 5.43 Å². The van der Waals surface area contributed by atoms with Crippen LogP contribution in [0.25, 0.3) is 10.2 Å².